The van der Waals surface area contributed by atoms with Crippen molar-refractivity contribution in [3.05, 3.63) is 93.5 Å². The molecule has 3 aromatic carbocycles. The fourth-order valence-corrected chi connectivity index (χ4v) is 2.90. The second-order valence-corrected chi connectivity index (χ2v) is 6.61. The van der Waals surface area contributed by atoms with Gasteiger partial charge in [0.2, 0.25) is 0 Å². The average Bonchev–Trinajstić information content (AvgIpc) is 2.61. The molecule has 0 atom stereocenters. The number of hydrogen-bond acceptors (Lipinski definition) is 1. The van der Waals surface area contributed by atoms with Crippen molar-refractivity contribution in [1.82, 2.24) is 0 Å². The second kappa shape index (κ2) is 7.38. The maximum Gasteiger partial charge on any atom is 0.337 e. The molecule has 0 saturated carbocycles. The Morgan fingerprint density at radius 3 is 2.36 bits per heavy atom. The molecule has 0 heterocycles. The first kappa shape index (κ1) is 17.0. The molecule has 0 aliphatic heterocycles. The predicted molar refractivity (Wildman–Crippen MR) is 104 cm³/mol. The third-order valence-electron chi connectivity index (χ3n) is 3.77. The Balaban J connectivity index is 1.97. The van der Waals surface area contributed by atoms with Gasteiger partial charge in [0.05, 0.1) is 5.56 Å². The molecule has 0 unspecified atom stereocenters. The highest BCUT2D eigenvalue weighted by atomic mass is 79.9. The van der Waals surface area contributed by atoms with Crippen molar-refractivity contribution in [1.29, 1.82) is 0 Å². The first-order valence-corrected chi connectivity index (χ1v) is 8.54. The number of rotatable bonds is 2. The quantitative estimate of drug-likeness (QED) is 0.584. The number of hydrogen-bond donors (Lipinski definition) is 1. The van der Waals surface area contributed by atoms with E-state index in [1.54, 1.807) is 18.2 Å². The van der Waals surface area contributed by atoms with Gasteiger partial charge in [0.25, 0.3) is 0 Å². The number of aromatic carboxylic acids is 1. The zero-order chi connectivity index (χ0) is 17.8. The van der Waals surface area contributed by atoms with Gasteiger partial charge < -0.3 is 5.11 Å². The van der Waals surface area contributed by atoms with E-state index in [4.69, 9.17) is 0 Å². The molecule has 0 aliphatic carbocycles. The summed E-state index contributed by atoms with van der Waals surface area (Å²) in [6.07, 6.45) is 0. The van der Waals surface area contributed by atoms with Crippen molar-refractivity contribution in [2.75, 3.05) is 0 Å². The van der Waals surface area contributed by atoms with Crippen LogP contribution in [0.2, 0.25) is 0 Å². The van der Waals surface area contributed by atoms with E-state index in [1.165, 1.54) is 5.56 Å². The number of halogens is 1. The molecular formula is C22H15BrO2. The topological polar surface area (TPSA) is 37.3 Å². The van der Waals surface area contributed by atoms with E-state index >= 15 is 0 Å². The Kier molecular flexibility index (Phi) is 5.02. The van der Waals surface area contributed by atoms with Crippen molar-refractivity contribution >= 4 is 21.9 Å². The Bertz CT molecular complexity index is 1010. The van der Waals surface area contributed by atoms with Gasteiger partial charge in [-0.25, -0.2) is 4.79 Å². The van der Waals surface area contributed by atoms with Gasteiger partial charge in [0.1, 0.15) is 0 Å². The van der Waals surface area contributed by atoms with E-state index in [2.05, 4.69) is 52.9 Å². The first-order valence-electron chi connectivity index (χ1n) is 7.75. The highest BCUT2D eigenvalue weighted by molar-refractivity contribution is 9.10. The molecule has 3 heteroatoms. The van der Waals surface area contributed by atoms with Gasteiger partial charge in [-0.1, -0.05) is 69.7 Å². The fourth-order valence-electron chi connectivity index (χ4n) is 2.54. The maximum absolute atomic E-state index is 11.4. The zero-order valence-electron chi connectivity index (χ0n) is 13.6. The van der Waals surface area contributed by atoms with Crippen LogP contribution < -0.4 is 0 Å². The van der Waals surface area contributed by atoms with Gasteiger partial charge in [-0.15, -0.1) is 0 Å². The highest BCUT2D eigenvalue weighted by Gasteiger charge is 2.08. The summed E-state index contributed by atoms with van der Waals surface area (Å²) in [6, 6.07) is 21.3. The summed E-state index contributed by atoms with van der Waals surface area (Å²) in [7, 11) is 0. The Morgan fingerprint density at radius 1 is 0.920 bits per heavy atom. The van der Waals surface area contributed by atoms with Crippen LogP contribution in [-0.4, -0.2) is 11.1 Å². The smallest absolute Gasteiger partial charge is 0.337 e. The number of carboxylic acid groups (broad SMARTS) is 1. The number of carbonyl (C=O) groups is 1. The normalized spacial score (nSPS) is 10.0. The van der Waals surface area contributed by atoms with Crippen LogP contribution in [0.1, 0.15) is 27.0 Å². The third kappa shape index (κ3) is 4.17. The molecule has 0 saturated heterocycles. The Morgan fingerprint density at radius 2 is 1.64 bits per heavy atom. The molecule has 0 fully saturated rings. The van der Waals surface area contributed by atoms with Crippen LogP contribution in [0.25, 0.3) is 11.1 Å². The lowest BCUT2D eigenvalue weighted by atomic mass is 10.0. The average molecular weight is 391 g/mol. The first-order chi connectivity index (χ1) is 12.0. The van der Waals surface area contributed by atoms with Crippen LogP contribution in [0.5, 0.6) is 0 Å². The Hall–Kier alpha value is -2.83. The maximum atomic E-state index is 11.4. The fraction of sp³-hybridized carbons (Fsp3) is 0.0455. The van der Waals surface area contributed by atoms with E-state index in [0.29, 0.717) is 5.56 Å². The lowest BCUT2D eigenvalue weighted by Gasteiger charge is -2.03. The van der Waals surface area contributed by atoms with E-state index in [0.717, 1.165) is 21.2 Å². The molecule has 3 aromatic rings. The summed E-state index contributed by atoms with van der Waals surface area (Å²) in [5, 5.41) is 9.32. The van der Waals surface area contributed by atoms with E-state index in [9.17, 15) is 9.90 Å². The van der Waals surface area contributed by atoms with Crippen LogP contribution in [0.4, 0.5) is 0 Å². The summed E-state index contributed by atoms with van der Waals surface area (Å²) in [4.78, 5) is 11.4. The van der Waals surface area contributed by atoms with Gasteiger partial charge in [-0.3, -0.25) is 0 Å². The highest BCUT2D eigenvalue weighted by Crippen LogP contribution is 2.21. The molecule has 0 radical (unpaired) electrons. The largest absolute Gasteiger partial charge is 0.478 e. The third-order valence-corrected chi connectivity index (χ3v) is 4.26. The van der Waals surface area contributed by atoms with Crippen LogP contribution in [0.15, 0.2) is 71.2 Å². The number of benzene rings is 3. The van der Waals surface area contributed by atoms with Gasteiger partial charge in [0.15, 0.2) is 0 Å². The monoisotopic (exact) mass is 390 g/mol. The summed E-state index contributed by atoms with van der Waals surface area (Å²) < 4.78 is 0.719. The standard InChI is InChI=1S/C22H15BrO2/c1-15-4-2-6-18(12-15)19-7-3-5-16(13-19)8-9-17-10-11-20(23)14-21(17)22(24)25/h2-7,10-14H,1H3,(H,24,25). The molecule has 0 spiro atoms. The zero-order valence-corrected chi connectivity index (χ0v) is 15.2. The van der Waals surface area contributed by atoms with Crippen molar-refractivity contribution in [2.45, 2.75) is 6.92 Å². The minimum absolute atomic E-state index is 0.191. The van der Waals surface area contributed by atoms with Gasteiger partial charge in [-0.2, -0.15) is 0 Å². The lowest BCUT2D eigenvalue weighted by Crippen LogP contribution is -1.99. The molecule has 0 aromatic heterocycles. The van der Waals surface area contributed by atoms with E-state index in [-0.39, 0.29) is 5.56 Å². The SMILES string of the molecule is Cc1cccc(-c2cccc(C#Cc3ccc(Br)cc3C(=O)O)c2)c1. The minimum atomic E-state index is -0.987. The molecule has 0 aliphatic rings. The minimum Gasteiger partial charge on any atom is -0.478 e. The second-order valence-electron chi connectivity index (χ2n) is 5.70. The van der Waals surface area contributed by atoms with Gasteiger partial charge >= 0.3 is 5.97 Å². The van der Waals surface area contributed by atoms with Crippen molar-refractivity contribution < 1.29 is 9.90 Å². The molecule has 0 bridgehead atoms. The molecule has 3 rings (SSSR count). The number of carboxylic acids is 1. The molecule has 25 heavy (non-hydrogen) atoms. The van der Waals surface area contributed by atoms with E-state index in [1.807, 2.05) is 30.3 Å². The van der Waals surface area contributed by atoms with Crippen molar-refractivity contribution in [3.63, 3.8) is 0 Å². The van der Waals surface area contributed by atoms with Crippen molar-refractivity contribution in [2.24, 2.45) is 0 Å². The number of aryl methyl sites for hydroxylation is 1. The van der Waals surface area contributed by atoms with Crippen LogP contribution in [-0.2, 0) is 0 Å². The lowest BCUT2D eigenvalue weighted by molar-refractivity contribution is 0.0696. The van der Waals surface area contributed by atoms with Crippen LogP contribution in [0.3, 0.4) is 0 Å². The molecule has 122 valence electrons. The summed E-state index contributed by atoms with van der Waals surface area (Å²) >= 11 is 3.29. The molecular weight excluding hydrogens is 376 g/mol. The summed E-state index contributed by atoms with van der Waals surface area (Å²) in [5.41, 5.74) is 4.96. The summed E-state index contributed by atoms with van der Waals surface area (Å²) in [6.45, 7) is 2.06. The van der Waals surface area contributed by atoms with Crippen molar-refractivity contribution in [3.8, 4) is 23.0 Å². The predicted octanol–water partition coefficient (Wildman–Crippen LogP) is 5.52. The molecule has 0 amide bonds. The Labute approximate surface area is 155 Å². The molecule has 1 N–H and O–H groups in total. The van der Waals surface area contributed by atoms with E-state index < -0.39 is 5.97 Å². The van der Waals surface area contributed by atoms with Crippen LogP contribution in [0, 0.1) is 18.8 Å². The van der Waals surface area contributed by atoms with Gasteiger partial charge in [0, 0.05) is 15.6 Å². The van der Waals surface area contributed by atoms with Crippen LogP contribution >= 0.6 is 15.9 Å². The molecule has 2 nitrogen and oxygen atoms in total. The van der Waals surface area contributed by atoms with Gasteiger partial charge in [-0.05, 0) is 48.4 Å². The summed E-state index contributed by atoms with van der Waals surface area (Å²) in [5.74, 6) is 5.06.